The maximum atomic E-state index is 11.8. The van der Waals surface area contributed by atoms with Gasteiger partial charge in [0, 0.05) is 18.1 Å². The largest absolute Gasteiger partial charge is 0.319 e. The standard InChI is InChI=1S/C13H13N3O/c1-9-4-5-11(10(2)8-9)16-13(17)12-14-6-3-7-15-12/h3-8H,1-2H3,(H,16,17). The lowest BCUT2D eigenvalue weighted by molar-refractivity contribution is 0.101. The van der Waals surface area contributed by atoms with Crippen LogP contribution in [-0.2, 0) is 0 Å². The van der Waals surface area contributed by atoms with E-state index in [0.717, 1.165) is 16.8 Å². The number of anilines is 1. The van der Waals surface area contributed by atoms with Crippen LogP contribution < -0.4 is 5.32 Å². The van der Waals surface area contributed by atoms with Gasteiger partial charge in [-0.25, -0.2) is 9.97 Å². The zero-order valence-electron chi connectivity index (χ0n) is 9.77. The molecule has 1 heterocycles. The fourth-order valence-electron chi connectivity index (χ4n) is 1.55. The Kier molecular flexibility index (Phi) is 3.14. The average Bonchev–Trinajstić information content (AvgIpc) is 2.34. The summed E-state index contributed by atoms with van der Waals surface area (Å²) in [6.07, 6.45) is 3.09. The molecule has 0 atom stereocenters. The van der Waals surface area contributed by atoms with Gasteiger partial charge in [-0.3, -0.25) is 4.79 Å². The number of rotatable bonds is 2. The van der Waals surface area contributed by atoms with Gasteiger partial charge in [-0.1, -0.05) is 17.7 Å². The molecule has 4 heteroatoms. The Morgan fingerprint density at radius 2 is 1.88 bits per heavy atom. The molecule has 1 amide bonds. The highest BCUT2D eigenvalue weighted by Crippen LogP contribution is 2.16. The molecule has 0 aliphatic rings. The maximum Gasteiger partial charge on any atom is 0.293 e. The molecular formula is C13H13N3O. The van der Waals surface area contributed by atoms with Gasteiger partial charge in [0.25, 0.3) is 5.91 Å². The van der Waals surface area contributed by atoms with Crippen molar-refractivity contribution >= 4 is 11.6 Å². The van der Waals surface area contributed by atoms with Crippen LogP contribution in [-0.4, -0.2) is 15.9 Å². The lowest BCUT2D eigenvalue weighted by atomic mass is 10.1. The van der Waals surface area contributed by atoms with Crippen LogP contribution in [0, 0.1) is 13.8 Å². The number of aryl methyl sites for hydroxylation is 2. The molecule has 4 nitrogen and oxygen atoms in total. The number of nitrogens with zero attached hydrogens (tertiary/aromatic N) is 2. The Bertz CT molecular complexity index is 538. The molecule has 0 fully saturated rings. The molecule has 0 saturated carbocycles. The first-order valence-corrected chi connectivity index (χ1v) is 5.32. The fourth-order valence-corrected chi connectivity index (χ4v) is 1.55. The van der Waals surface area contributed by atoms with Crippen molar-refractivity contribution in [3.05, 3.63) is 53.6 Å². The van der Waals surface area contributed by atoms with E-state index in [1.165, 1.54) is 0 Å². The lowest BCUT2D eigenvalue weighted by Crippen LogP contribution is -2.15. The van der Waals surface area contributed by atoms with Gasteiger partial charge in [0.2, 0.25) is 5.82 Å². The van der Waals surface area contributed by atoms with E-state index in [2.05, 4.69) is 15.3 Å². The highest BCUT2D eigenvalue weighted by atomic mass is 16.2. The molecular weight excluding hydrogens is 214 g/mol. The first kappa shape index (κ1) is 11.3. The van der Waals surface area contributed by atoms with Gasteiger partial charge in [-0.2, -0.15) is 0 Å². The summed E-state index contributed by atoms with van der Waals surface area (Å²) in [6, 6.07) is 7.52. The van der Waals surface area contributed by atoms with E-state index in [1.807, 2.05) is 32.0 Å². The molecule has 17 heavy (non-hydrogen) atoms. The maximum absolute atomic E-state index is 11.8. The minimum Gasteiger partial charge on any atom is -0.319 e. The predicted molar refractivity (Wildman–Crippen MR) is 65.9 cm³/mol. The molecule has 1 aromatic carbocycles. The van der Waals surface area contributed by atoms with Crippen molar-refractivity contribution in [3.63, 3.8) is 0 Å². The smallest absolute Gasteiger partial charge is 0.293 e. The van der Waals surface area contributed by atoms with E-state index in [0.29, 0.717) is 0 Å². The normalized spacial score (nSPS) is 10.0. The second-order valence-electron chi connectivity index (χ2n) is 3.84. The molecule has 1 aromatic heterocycles. The molecule has 0 bridgehead atoms. The van der Waals surface area contributed by atoms with Crippen molar-refractivity contribution in [3.8, 4) is 0 Å². The van der Waals surface area contributed by atoms with E-state index >= 15 is 0 Å². The molecule has 1 N–H and O–H groups in total. The van der Waals surface area contributed by atoms with Crippen LogP contribution in [0.5, 0.6) is 0 Å². The SMILES string of the molecule is Cc1ccc(NC(=O)c2ncccn2)c(C)c1. The van der Waals surface area contributed by atoms with Crippen molar-refractivity contribution in [1.82, 2.24) is 9.97 Å². The molecule has 86 valence electrons. The number of aromatic nitrogens is 2. The predicted octanol–water partition coefficient (Wildman–Crippen LogP) is 2.35. The number of benzene rings is 1. The second-order valence-corrected chi connectivity index (χ2v) is 3.84. The van der Waals surface area contributed by atoms with Crippen molar-refractivity contribution in [2.24, 2.45) is 0 Å². The molecule has 0 spiro atoms. The van der Waals surface area contributed by atoms with Gasteiger partial charge in [0.15, 0.2) is 0 Å². The van der Waals surface area contributed by atoms with Crippen LogP contribution in [0.3, 0.4) is 0 Å². The molecule has 0 aliphatic heterocycles. The van der Waals surface area contributed by atoms with E-state index in [1.54, 1.807) is 18.5 Å². The Hall–Kier alpha value is -2.23. The molecule has 2 rings (SSSR count). The van der Waals surface area contributed by atoms with Gasteiger partial charge in [0.05, 0.1) is 0 Å². The van der Waals surface area contributed by atoms with Crippen LogP contribution in [0.25, 0.3) is 0 Å². The third-order valence-electron chi connectivity index (χ3n) is 2.40. The molecule has 2 aromatic rings. The Balaban J connectivity index is 2.19. The van der Waals surface area contributed by atoms with Crippen LogP contribution >= 0.6 is 0 Å². The highest BCUT2D eigenvalue weighted by Gasteiger charge is 2.09. The fraction of sp³-hybridized carbons (Fsp3) is 0.154. The van der Waals surface area contributed by atoms with E-state index in [4.69, 9.17) is 0 Å². The van der Waals surface area contributed by atoms with Crippen molar-refractivity contribution in [2.45, 2.75) is 13.8 Å². The first-order chi connectivity index (χ1) is 8.16. The summed E-state index contributed by atoms with van der Waals surface area (Å²) in [4.78, 5) is 19.6. The van der Waals surface area contributed by atoms with Crippen LogP contribution in [0.4, 0.5) is 5.69 Å². The summed E-state index contributed by atoms with van der Waals surface area (Å²) in [5.41, 5.74) is 2.97. The Morgan fingerprint density at radius 1 is 1.18 bits per heavy atom. The quantitative estimate of drug-likeness (QED) is 0.856. The zero-order chi connectivity index (χ0) is 12.3. The Labute approximate surface area is 99.7 Å². The topological polar surface area (TPSA) is 54.9 Å². The minimum absolute atomic E-state index is 0.174. The minimum atomic E-state index is -0.294. The van der Waals surface area contributed by atoms with Crippen LogP contribution in [0.1, 0.15) is 21.7 Å². The van der Waals surface area contributed by atoms with E-state index < -0.39 is 0 Å². The number of hydrogen-bond donors (Lipinski definition) is 1. The van der Waals surface area contributed by atoms with Crippen LogP contribution in [0.15, 0.2) is 36.7 Å². The summed E-state index contributed by atoms with van der Waals surface area (Å²) in [7, 11) is 0. The lowest BCUT2D eigenvalue weighted by Gasteiger charge is -2.07. The number of nitrogens with one attached hydrogen (secondary N) is 1. The number of amides is 1. The van der Waals surface area contributed by atoms with Crippen molar-refractivity contribution < 1.29 is 4.79 Å². The molecule has 0 saturated heterocycles. The summed E-state index contributed by atoms with van der Waals surface area (Å²) < 4.78 is 0. The van der Waals surface area contributed by atoms with Gasteiger partial charge in [-0.05, 0) is 31.5 Å². The third kappa shape index (κ3) is 2.66. The van der Waals surface area contributed by atoms with E-state index in [-0.39, 0.29) is 11.7 Å². The molecule has 0 aliphatic carbocycles. The average molecular weight is 227 g/mol. The third-order valence-corrected chi connectivity index (χ3v) is 2.40. The van der Waals surface area contributed by atoms with Gasteiger partial charge >= 0.3 is 0 Å². The Morgan fingerprint density at radius 3 is 2.53 bits per heavy atom. The molecule has 0 unspecified atom stereocenters. The number of hydrogen-bond acceptors (Lipinski definition) is 3. The number of carbonyl (C=O) groups excluding carboxylic acids is 1. The summed E-state index contributed by atoms with van der Waals surface area (Å²) in [5.74, 6) is -0.120. The van der Waals surface area contributed by atoms with Crippen molar-refractivity contribution in [2.75, 3.05) is 5.32 Å². The summed E-state index contributed by atoms with van der Waals surface area (Å²) in [5, 5.41) is 2.79. The van der Waals surface area contributed by atoms with E-state index in [9.17, 15) is 4.79 Å². The first-order valence-electron chi connectivity index (χ1n) is 5.32. The van der Waals surface area contributed by atoms with Gasteiger partial charge in [0.1, 0.15) is 0 Å². The van der Waals surface area contributed by atoms with Crippen LogP contribution in [0.2, 0.25) is 0 Å². The molecule has 0 radical (unpaired) electrons. The summed E-state index contributed by atoms with van der Waals surface area (Å²) >= 11 is 0. The monoisotopic (exact) mass is 227 g/mol. The number of carbonyl (C=O) groups is 1. The van der Waals surface area contributed by atoms with Gasteiger partial charge in [-0.15, -0.1) is 0 Å². The van der Waals surface area contributed by atoms with Gasteiger partial charge < -0.3 is 5.32 Å². The highest BCUT2D eigenvalue weighted by molar-refractivity contribution is 6.01. The zero-order valence-corrected chi connectivity index (χ0v) is 9.77. The summed E-state index contributed by atoms with van der Waals surface area (Å²) in [6.45, 7) is 3.97. The second kappa shape index (κ2) is 4.74. The van der Waals surface area contributed by atoms with Crippen molar-refractivity contribution in [1.29, 1.82) is 0 Å².